The Morgan fingerprint density at radius 1 is 1.21 bits per heavy atom. The van der Waals surface area contributed by atoms with Crippen LogP contribution >= 0.6 is 11.6 Å². The monoisotopic (exact) mass is 402 g/mol. The Morgan fingerprint density at radius 3 is 2.71 bits per heavy atom. The van der Waals surface area contributed by atoms with Gasteiger partial charge in [-0.2, -0.15) is 10.2 Å². The van der Waals surface area contributed by atoms with Gasteiger partial charge in [-0.15, -0.1) is 0 Å². The molecule has 0 aliphatic heterocycles. The highest BCUT2D eigenvalue weighted by Gasteiger charge is 2.13. The van der Waals surface area contributed by atoms with Crippen LogP contribution in [0.5, 0.6) is 11.5 Å². The molecule has 3 aromatic rings. The Labute approximate surface area is 165 Å². The lowest BCUT2D eigenvalue weighted by Gasteiger charge is -2.08. The van der Waals surface area contributed by atoms with Crippen molar-refractivity contribution in [3.63, 3.8) is 0 Å². The second-order valence-electron chi connectivity index (χ2n) is 5.57. The summed E-state index contributed by atoms with van der Waals surface area (Å²) in [6.07, 6.45) is 1.14. The van der Waals surface area contributed by atoms with Crippen molar-refractivity contribution in [1.82, 2.24) is 15.6 Å². The van der Waals surface area contributed by atoms with Crippen LogP contribution in [-0.4, -0.2) is 36.5 Å². The highest BCUT2D eigenvalue weighted by molar-refractivity contribution is 6.33. The molecule has 144 valence electrons. The van der Waals surface area contributed by atoms with Crippen molar-refractivity contribution < 1.29 is 18.7 Å². The number of halogens is 2. The number of methoxy groups -OCH3 is 2. The molecule has 9 heteroatoms. The van der Waals surface area contributed by atoms with Crippen LogP contribution in [0.2, 0.25) is 5.02 Å². The summed E-state index contributed by atoms with van der Waals surface area (Å²) in [7, 11) is 3.08. The zero-order chi connectivity index (χ0) is 20.1. The average molecular weight is 403 g/mol. The maximum absolute atomic E-state index is 13.7. The topological polar surface area (TPSA) is 88.6 Å². The Hall–Kier alpha value is -3.39. The zero-order valence-corrected chi connectivity index (χ0v) is 15.7. The molecule has 7 nitrogen and oxygen atoms in total. The molecule has 0 fully saturated rings. The fraction of sp³-hybridized carbons (Fsp3) is 0.105. The minimum absolute atomic E-state index is 0.0834. The van der Waals surface area contributed by atoms with E-state index in [1.54, 1.807) is 31.4 Å². The predicted octanol–water partition coefficient (Wildman–Crippen LogP) is 3.65. The molecule has 1 aromatic heterocycles. The number of carbonyl (C=O) groups is 1. The number of aromatic nitrogens is 2. The Kier molecular flexibility index (Phi) is 5.90. The first kappa shape index (κ1) is 19.4. The van der Waals surface area contributed by atoms with E-state index in [-0.39, 0.29) is 16.3 Å². The summed E-state index contributed by atoms with van der Waals surface area (Å²) in [4.78, 5) is 12.2. The van der Waals surface area contributed by atoms with Gasteiger partial charge in [0.25, 0.3) is 5.91 Å². The normalized spacial score (nSPS) is 10.9. The van der Waals surface area contributed by atoms with E-state index in [2.05, 4.69) is 20.7 Å². The van der Waals surface area contributed by atoms with E-state index in [1.807, 2.05) is 0 Å². The summed E-state index contributed by atoms with van der Waals surface area (Å²) in [5, 5.41) is 10.7. The van der Waals surface area contributed by atoms with E-state index in [0.717, 1.165) is 11.8 Å². The van der Waals surface area contributed by atoms with Gasteiger partial charge in [0.1, 0.15) is 11.5 Å². The summed E-state index contributed by atoms with van der Waals surface area (Å²) in [6.45, 7) is 0. The molecular formula is C19H16ClFN4O3. The largest absolute Gasteiger partial charge is 0.493 e. The summed E-state index contributed by atoms with van der Waals surface area (Å²) in [6, 6.07) is 11.1. The number of aromatic amines is 1. The molecule has 0 saturated carbocycles. The molecule has 28 heavy (non-hydrogen) atoms. The highest BCUT2D eigenvalue weighted by Crippen LogP contribution is 2.31. The molecular weight excluding hydrogens is 387 g/mol. The smallest absolute Gasteiger partial charge is 0.289 e. The van der Waals surface area contributed by atoms with Crippen molar-refractivity contribution in [1.29, 1.82) is 0 Å². The quantitative estimate of drug-likeness (QED) is 0.486. The van der Waals surface area contributed by atoms with E-state index < -0.39 is 11.7 Å². The van der Waals surface area contributed by atoms with Gasteiger partial charge in [0, 0.05) is 11.1 Å². The Morgan fingerprint density at radius 2 is 2.00 bits per heavy atom. The van der Waals surface area contributed by atoms with Gasteiger partial charge in [0.15, 0.2) is 11.5 Å². The van der Waals surface area contributed by atoms with Crippen LogP contribution in [0.4, 0.5) is 4.39 Å². The number of ether oxygens (including phenoxy) is 2. The third kappa shape index (κ3) is 4.12. The molecule has 1 heterocycles. The van der Waals surface area contributed by atoms with Crippen LogP contribution in [0, 0.1) is 5.82 Å². The molecule has 0 atom stereocenters. The maximum Gasteiger partial charge on any atom is 0.289 e. The van der Waals surface area contributed by atoms with Gasteiger partial charge in [0.2, 0.25) is 0 Å². The number of nitrogens with one attached hydrogen (secondary N) is 2. The first-order chi connectivity index (χ1) is 13.5. The summed E-state index contributed by atoms with van der Waals surface area (Å²) in [5.74, 6) is 0.0481. The number of carbonyl (C=O) groups excluding carboxylic acids is 1. The van der Waals surface area contributed by atoms with Gasteiger partial charge in [-0.1, -0.05) is 17.7 Å². The van der Waals surface area contributed by atoms with Crippen molar-refractivity contribution in [2.75, 3.05) is 14.2 Å². The molecule has 0 bridgehead atoms. The van der Waals surface area contributed by atoms with Crippen LogP contribution in [0.15, 0.2) is 47.6 Å². The van der Waals surface area contributed by atoms with Crippen molar-refractivity contribution in [2.45, 2.75) is 0 Å². The molecule has 0 saturated heterocycles. The molecule has 0 radical (unpaired) electrons. The molecule has 0 aliphatic carbocycles. The molecule has 3 rings (SSSR count). The minimum Gasteiger partial charge on any atom is -0.493 e. The molecule has 0 aliphatic rings. The van der Waals surface area contributed by atoms with Gasteiger partial charge in [-0.25, -0.2) is 9.82 Å². The van der Waals surface area contributed by atoms with Crippen molar-refractivity contribution in [3.8, 4) is 22.8 Å². The molecule has 0 unspecified atom stereocenters. The van der Waals surface area contributed by atoms with E-state index in [1.165, 1.54) is 25.3 Å². The lowest BCUT2D eigenvalue weighted by molar-refractivity contribution is 0.0950. The van der Waals surface area contributed by atoms with Gasteiger partial charge < -0.3 is 9.47 Å². The van der Waals surface area contributed by atoms with Gasteiger partial charge in [-0.3, -0.25) is 9.89 Å². The molecule has 2 aromatic carbocycles. The minimum atomic E-state index is -0.539. The number of hydrogen-bond donors (Lipinski definition) is 2. The van der Waals surface area contributed by atoms with Crippen LogP contribution < -0.4 is 14.9 Å². The SMILES string of the molecule is COc1ccc(-c2cc(C(=O)NN=Cc3c(F)cccc3Cl)[nH]n2)cc1OC. The second-order valence-corrected chi connectivity index (χ2v) is 5.98. The number of rotatable bonds is 6. The lowest BCUT2D eigenvalue weighted by Crippen LogP contribution is -2.18. The Balaban J connectivity index is 1.73. The summed E-state index contributed by atoms with van der Waals surface area (Å²) >= 11 is 5.90. The fourth-order valence-electron chi connectivity index (χ4n) is 2.43. The van der Waals surface area contributed by atoms with Crippen LogP contribution in [0.1, 0.15) is 16.1 Å². The molecule has 1 amide bonds. The van der Waals surface area contributed by atoms with Crippen molar-refractivity contribution >= 4 is 23.7 Å². The van der Waals surface area contributed by atoms with E-state index in [9.17, 15) is 9.18 Å². The summed E-state index contributed by atoms with van der Waals surface area (Å²) in [5.41, 5.74) is 3.83. The number of nitrogens with zero attached hydrogens (tertiary/aromatic N) is 2. The number of H-pyrrole nitrogens is 1. The zero-order valence-electron chi connectivity index (χ0n) is 15.0. The first-order valence-corrected chi connectivity index (χ1v) is 8.46. The molecule has 2 N–H and O–H groups in total. The first-order valence-electron chi connectivity index (χ1n) is 8.08. The highest BCUT2D eigenvalue weighted by atomic mass is 35.5. The second kappa shape index (κ2) is 8.53. The summed E-state index contributed by atoms with van der Waals surface area (Å²) < 4.78 is 24.1. The van der Waals surface area contributed by atoms with E-state index in [4.69, 9.17) is 21.1 Å². The van der Waals surface area contributed by atoms with Gasteiger partial charge in [0.05, 0.1) is 31.2 Å². The number of hydrogen-bond acceptors (Lipinski definition) is 5. The van der Waals surface area contributed by atoms with E-state index >= 15 is 0 Å². The maximum atomic E-state index is 13.7. The van der Waals surface area contributed by atoms with Crippen LogP contribution in [0.3, 0.4) is 0 Å². The van der Waals surface area contributed by atoms with Gasteiger partial charge >= 0.3 is 0 Å². The lowest BCUT2D eigenvalue weighted by atomic mass is 10.1. The number of hydrazone groups is 1. The van der Waals surface area contributed by atoms with Crippen LogP contribution in [-0.2, 0) is 0 Å². The number of amides is 1. The fourth-order valence-corrected chi connectivity index (χ4v) is 2.64. The third-order valence-corrected chi connectivity index (χ3v) is 4.19. The Bertz CT molecular complexity index is 1020. The van der Waals surface area contributed by atoms with Crippen LogP contribution in [0.25, 0.3) is 11.3 Å². The predicted molar refractivity (Wildman–Crippen MR) is 104 cm³/mol. The number of benzene rings is 2. The third-order valence-electron chi connectivity index (χ3n) is 3.86. The van der Waals surface area contributed by atoms with Crippen molar-refractivity contribution in [3.05, 3.63) is 64.6 Å². The van der Waals surface area contributed by atoms with Crippen molar-refractivity contribution in [2.24, 2.45) is 5.10 Å². The average Bonchev–Trinajstić information content (AvgIpc) is 3.20. The van der Waals surface area contributed by atoms with E-state index in [0.29, 0.717) is 17.2 Å². The van der Waals surface area contributed by atoms with Gasteiger partial charge in [-0.05, 0) is 36.4 Å². The molecule has 0 spiro atoms. The standard InChI is InChI=1S/C19H16ClFN4O3/c1-27-17-7-6-11(8-18(17)28-2)15-9-16(24-23-15)19(26)25-22-10-12-13(20)4-3-5-14(12)21/h3-10H,1-2H3,(H,23,24)(H,25,26).